The minimum Gasteiger partial charge on any atom is -0.491 e. The van der Waals surface area contributed by atoms with E-state index in [-0.39, 0.29) is 5.56 Å². The molecule has 0 heterocycles. The Balaban J connectivity index is 2.30. The number of ether oxygens (including phenoxy) is 2. The summed E-state index contributed by atoms with van der Waals surface area (Å²) in [5, 5.41) is 0. The standard InChI is InChI=1S/C16H17F2NO2/c1-20-8-9-21-15-5-3-2-4-12(15)16(19)13-10-11(17)6-7-14(13)18/h2-7,10,16H,8-9,19H2,1H3. The molecule has 0 saturated heterocycles. The molecule has 0 bridgehead atoms. The summed E-state index contributed by atoms with van der Waals surface area (Å²) in [6.45, 7) is 0.782. The molecule has 21 heavy (non-hydrogen) atoms. The number of benzene rings is 2. The van der Waals surface area contributed by atoms with Crippen molar-refractivity contribution in [2.45, 2.75) is 6.04 Å². The molecule has 1 atom stereocenters. The molecular weight excluding hydrogens is 276 g/mol. The first kappa shape index (κ1) is 15.4. The Kier molecular flexibility index (Phi) is 5.25. The van der Waals surface area contributed by atoms with E-state index in [0.29, 0.717) is 24.5 Å². The largest absolute Gasteiger partial charge is 0.491 e. The van der Waals surface area contributed by atoms with Gasteiger partial charge in [-0.05, 0) is 24.3 Å². The van der Waals surface area contributed by atoms with Crippen LogP contribution in [0.1, 0.15) is 17.2 Å². The molecule has 3 nitrogen and oxygen atoms in total. The van der Waals surface area contributed by atoms with Crippen LogP contribution in [0.3, 0.4) is 0 Å². The first-order valence-electron chi connectivity index (χ1n) is 6.54. The minimum atomic E-state index is -0.806. The highest BCUT2D eigenvalue weighted by Gasteiger charge is 2.18. The Morgan fingerprint density at radius 2 is 1.81 bits per heavy atom. The Hall–Kier alpha value is -1.98. The van der Waals surface area contributed by atoms with E-state index < -0.39 is 17.7 Å². The van der Waals surface area contributed by atoms with E-state index in [9.17, 15) is 8.78 Å². The predicted molar refractivity (Wildman–Crippen MR) is 76.2 cm³/mol. The maximum absolute atomic E-state index is 13.8. The van der Waals surface area contributed by atoms with Gasteiger partial charge in [0.25, 0.3) is 0 Å². The molecule has 0 aromatic heterocycles. The maximum atomic E-state index is 13.8. The quantitative estimate of drug-likeness (QED) is 0.833. The van der Waals surface area contributed by atoms with Crippen LogP contribution < -0.4 is 10.5 Å². The Bertz CT molecular complexity index is 605. The van der Waals surface area contributed by atoms with E-state index in [1.807, 2.05) is 0 Å². The molecular formula is C16H17F2NO2. The third kappa shape index (κ3) is 3.77. The predicted octanol–water partition coefficient (Wildman–Crippen LogP) is 3.04. The maximum Gasteiger partial charge on any atom is 0.128 e. The van der Waals surface area contributed by atoms with Crippen molar-refractivity contribution in [1.82, 2.24) is 0 Å². The fourth-order valence-electron chi connectivity index (χ4n) is 2.02. The average molecular weight is 293 g/mol. The van der Waals surface area contributed by atoms with Gasteiger partial charge in [-0.15, -0.1) is 0 Å². The van der Waals surface area contributed by atoms with Gasteiger partial charge >= 0.3 is 0 Å². The van der Waals surface area contributed by atoms with Gasteiger partial charge in [0, 0.05) is 18.2 Å². The molecule has 0 aliphatic rings. The third-order valence-corrected chi connectivity index (χ3v) is 3.09. The first-order chi connectivity index (χ1) is 10.1. The molecule has 2 N–H and O–H groups in total. The van der Waals surface area contributed by atoms with Crippen LogP contribution in [0.15, 0.2) is 42.5 Å². The highest BCUT2D eigenvalue weighted by molar-refractivity contribution is 5.41. The lowest BCUT2D eigenvalue weighted by Crippen LogP contribution is -2.16. The van der Waals surface area contributed by atoms with Gasteiger partial charge in [-0.25, -0.2) is 8.78 Å². The summed E-state index contributed by atoms with van der Waals surface area (Å²) in [6, 6.07) is 9.46. The van der Waals surface area contributed by atoms with Gasteiger partial charge < -0.3 is 15.2 Å². The molecule has 0 aliphatic carbocycles. The second-order valence-electron chi connectivity index (χ2n) is 4.52. The highest BCUT2D eigenvalue weighted by Crippen LogP contribution is 2.29. The highest BCUT2D eigenvalue weighted by atomic mass is 19.1. The molecule has 5 heteroatoms. The van der Waals surface area contributed by atoms with Crippen LogP contribution in [-0.4, -0.2) is 20.3 Å². The molecule has 2 rings (SSSR count). The number of hydrogen-bond acceptors (Lipinski definition) is 3. The average Bonchev–Trinajstić information content (AvgIpc) is 2.50. The van der Waals surface area contributed by atoms with Gasteiger partial charge in [0.15, 0.2) is 0 Å². The Labute approximate surface area is 122 Å². The van der Waals surface area contributed by atoms with Gasteiger partial charge in [0.05, 0.1) is 12.6 Å². The van der Waals surface area contributed by atoms with Crippen molar-refractivity contribution < 1.29 is 18.3 Å². The Morgan fingerprint density at radius 3 is 2.57 bits per heavy atom. The van der Waals surface area contributed by atoms with E-state index in [0.717, 1.165) is 18.2 Å². The molecule has 0 radical (unpaired) electrons. The molecule has 0 saturated carbocycles. The van der Waals surface area contributed by atoms with Gasteiger partial charge in [-0.1, -0.05) is 18.2 Å². The van der Waals surface area contributed by atoms with E-state index >= 15 is 0 Å². The number of para-hydroxylation sites is 1. The number of nitrogens with two attached hydrogens (primary N) is 1. The number of rotatable bonds is 6. The van der Waals surface area contributed by atoms with E-state index in [1.54, 1.807) is 31.4 Å². The SMILES string of the molecule is COCCOc1ccccc1C(N)c1cc(F)ccc1F. The lowest BCUT2D eigenvalue weighted by atomic mass is 9.98. The van der Waals surface area contributed by atoms with Crippen molar-refractivity contribution >= 4 is 0 Å². The fraction of sp³-hybridized carbons (Fsp3) is 0.250. The molecule has 0 amide bonds. The second kappa shape index (κ2) is 7.15. The molecule has 1 unspecified atom stereocenters. The first-order valence-corrected chi connectivity index (χ1v) is 6.54. The fourth-order valence-corrected chi connectivity index (χ4v) is 2.02. The van der Waals surface area contributed by atoms with Crippen molar-refractivity contribution in [3.63, 3.8) is 0 Å². The van der Waals surface area contributed by atoms with Crippen LogP contribution in [0, 0.1) is 11.6 Å². The van der Waals surface area contributed by atoms with E-state index in [2.05, 4.69) is 0 Å². The normalized spacial score (nSPS) is 12.2. The molecule has 0 fully saturated rings. The van der Waals surface area contributed by atoms with Crippen molar-refractivity contribution in [2.75, 3.05) is 20.3 Å². The van der Waals surface area contributed by atoms with Gasteiger partial charge in [-0.3, -0.25) is 0 Å². The lowest BCUT2D eigenvalue weighted by Gasteiger charge is -2.18. The minimum absolute atomic E-state index is 0.0952. The van der Waals surface area contributed by atoms with E-state index in [4.69, 9.17) is 15.2 Å². The van der Waals surface area contributed by atoms with E-state index in [1.165, 1.54) is 0 Å². The lowest BCUT2D eigenvalue weighted by molar-refractivity contribution is 0.145. The summed E-state index contributed by atoms with van der Waals surface area (Å²) in [5.74, 6) is -0.541. The second-order valence-corrected chi connectivity index (χ2v) is 4.52. The summed E-state index contributed by atoms with van der Waals surface area (Å²) >= 11 is 0. The van der Waals surface area contributed by atoms with Crippen molar-refractivity contribution in [2.24, 2.45) is 5.73 Å². The van der Waals surface area contributed by atoms with Gasteiger partial charge in [0.2, 0.25) is 0 Å². The summed E-state index contributed by atoms with van der Waals surface area (Å²) in [5.41, 5.74) is 6.76. The smallest absolute Gasteiger partial charge is 0.128 e. The summed E-state index contributed by atoms with van der Waals surface area (Å²) in [6.07, 6.45) is 0. The molecule has 2 aromatic carbocycles. The molecule has 2 aromatic rings. The zero-order valence-corrected chi connectivity index (χ0v) is 11.7. The zero-order chi connectivity index (χ0) is 15.2. The van der Waals surface area contributed by atoms with Gasteiger partial charge in [-0.2, -0.15) is 0 Å². The number of methoxy groups -OCH3 is 1. The number of halogens is 2. The van der Waals surface area contributed by atoms with Crippen molar-refractivity contribution in [1.29, 1.82) is 0 Å². The van der Waals surface area contributed by atoms with Crippen LogP contribution in [0.25, 0.3) is 0 Å². The van der Waals surface area contributed by atoms with Gasteiger partial charge in [0.1, 0.15) is 24.0 Å². The molecule has 0 aliphatic heterocycles. The summed E-state index contributed by atoms with van der Waals surface area (Å²) in [4.78, 5) is 0. The summed E-state index contributed by atoms with van der Waals surface area (Å²) in [7, 11) is 1.57. The van der Waals surface area contributed by atoms with Crippen LogP contribution in [0.4, 0.5) is 8.78 Å². The number of hydrogen-bond donors (Lipinski definition) is 1. The third-order valence-electron chi connectivity index (χ3n) is 3.09. The molecule has 112 valence electrons. The topological polar surface area (TPSA) is 44.5 Å². The van der Waals surface area contributed by atoms with Crippen molar-refractivity contribution in [3.8, 4) is 5.75 Å². The zero-order valence-electron chi connectivity index (χ0n) is 11.7. The van der Waals surface area contributed by atoms with Crippen LogP contribution in [0.2, 0.25) is 0 Å². The van der Waals surface area contributed by atoms with Crippen LogP contribution in [-0.2, 0) is 4.74 Å². The Morgan fingerprint density at radius 1 is 1.05 bits per heavy atom. The van der Waals surface area contributed by atoms with Crippen LogP contribution >= 0.6 is 0 Å². The monoisotopic (exact) mass is 293 g/mol. The van der Waals surface area contributed by atoms with Crippen LogP contribution in [0.5, 0.6) is 5.75 Å². The summed E-state index contributed by atoms with van der Waals surface area (Å²) < 4.78 is 37.6. The van der Waals surface area contributed by atoms with Crippen molar-refractivity contribution in [3.05, 3.63) is 65.2 Å². The molecule has 0 spiro atoms.